The first-order valence-electron chi connectivity index (χ1n) is 9.00. The summed E-state index contributed by atoms with van der Waals surface area (Å²) in [5, 5.41) is 9.58. The van der Waals surface area contributed by atoms with Crippen LogP contribution in [0.2, 0.25) is 0 Å². The van der Waals surface area contributed by atoms with Gasteiger partial charge in [-0.1, -0.05) is 38.5 Å². The predicted molar refractivity (Wildman–Crippen MR) is 83.8 cm³/mol. The van der Waals surface area contributed by atoms with Gasteiger partial charge >= 0.3 is 0 Å². The zero-order valence-corrected chi connectivity index (χ0v) is 13.5. The summed E-state index contributed by atoms with van der Waals surface area (Å²) in [6, 6.07) is 0. The second kappa shape index (κ2) is 8.38. The Morgan fingerprint density at radius 1 is 0.850 bits per heavy atom. The summed E-state index contributed by atoms with van der Waals surface area (Å²) in [6.07, 6.45) is 15.0. The Bertz CT molecular complexity index is 234. The molecule has 0 amide bonds. The van der Waals surface area contributed by atoms with Crippen molar-refractivity contribution in [3.8, 4) is 0 Å². The number of hydrogen-bond acceptors (Lipinski definition) is 2. The van der Waals surface area contributed by atoms with Crippen LogP contribution in [0.15, 0.2) is 0 Å². The fourth-order valence-corrected chi connectivity index (χ4v) is 4.34. The van der Waals surface area contributed by atoms with Gasteiger partial charge in [-0.2, -0.15) is 0 Å². The molecule has 0 radical (unpaired) electrons. The van der Waals surface area contributed by atoms with Gasteiger partial charge in [0.05, 0.1) is 18.3 Å². The molecule has 20 heavy (non-hydrogen) atoms. The standard InChI is InChI=1S/C18H34O2/c1-14(19)13-15(2)20-18(16-9-5-3-6-10-16)17-11-7-4-8-12-17/h14-19H,3-13H2,1-2H3/t14-,15-/m1/s1. The second-order valence-electron chi connectivity index (χ2n) is 7.29. The quantitative estimate of drug-likeness (QED) is 0.765. The fourth-order valence-electron chi connectivity index (χ4n) is 4.34. The van der Waals surface area contributed by atoms with Gasteiger partial charge in [0, 0.05) is 0 Å². The van der Waals surface area contributed by atoms with Gasteiger partial charge in [-0.15, -0.1) is 0 Å². The van der Waals surface area contributed by atoms with Gasteiger partial charge in [-0.05, 0) is 57.8 Å². The zero-order chi connectivity index (χ0) is 14.4. The molecule has 2 rings (SSSR count). The lowest BCUT2D eigenvalue weighted by Gasteiger charge is -2.39. The van der Waals surface area contributed by atoms with E-state index in [-0.39, 0.29) is 12.2 Å². The van der Waals surface area contributed by atoms with Crippen LogP contribution in [0.1, 0.15) is 84.5 Å². The third-order valence-corrected chi connectivity index (χ3v) is 5.29. The van der Waals surface area contributed by atoms with Crippen molar-refractivity contribution in [1.82, 2.24) is 0 Å². The van der Waals surface area contributed by atoms with Crippen molar-refractivity contribution in [2.45, 2.75) is 103 Å². The van der Waals surface area contributed by atoms with Crippen LogP contribution in [0.4, 0.5) is 0 Å². The smallest absolute Gasteiger partial charge is 0.0635 e. The Morgan fingerprint density at radius 3 is 1.70 bits per heavy atom. The molecule has 1 N–H and O–H groups in total. The average Bonchev–Trinajstić information content (AvgIpc) is 2.46. The maximum Gasteiger partial charge on any atom is 0.0635 e. The highest BCUT2D eigenvalue weighted by Crippen LogP contribution is 2.38. The second-order valence-corrected chi connectivity index (χ2v) is 7.29. The number of ether oxygens (including phenoxy) is 1. The molecule has 0 aliphatic heterocycles. The van der Waals surface area contributed by atoms with E-state index in [0.29, 0.717) is 6.10 Å². The van der Waals surface area contributed by atoms with E-state index in [0.717, 1.165) is 18.3 Å². The molecule has 118 valence electrons. The molecular weight excluding hydrogens is 248 g/mol. The lowest BCUT2D eigenvalue weighted by molar-refractivity contribution is -0.0920. The van der Waals surface area contributed by atoms with Gasteiger partial charge in [0.15, 0.2) is 0 Å². The third-order valence-electron chi connectivity index (χ3n) is 5.29. The first-order chi connectivity index (χ1) is 9.66. The van der Waals surface area contributed by atoms with Crippen LogP contribution in [-0.2, 0) is 4.74 Å². The molecule has 0 aromatic carbocycles. The molecule has 2 atom stereocenters. The molecule has 0 heterocycles. The molecule has 0 unspecified atom stereocenters. The minimum Gasteiger partial charge on any atom is -0.393 e. The van der Waals surface area contributed by atoms with E-state index in [9.17, 15) is 5.11 Å². The van der Waals surface area contributed by atoms with Crippen LogP contribution in [-0.4, -0.2) is 23.4 Å². The van der Waals surface area contributed by atoms with Crippen molar-refractivity contribution in [1.29, 1.82) is 0 Å². The molecule has 2 heteroatoms. The molecule has 2 aliphatic carbocycles. The summed E-state index contributed by atoms with van der Waals surface area (Å²) in [7, 11) is 0. The van der Waals surface area contributed by atoms with Gasteiger partial charge in [0.25, 0.3) is 0 Å². The SMILES string of the molecule is C[C@H](C[C@@H](C)O)OC(C1CCCCC1)C1CCCCC1. The lowest BCUT2D eigenvalue weighted by Crippen LogP contribution is -2.37. The fraction of sp³-hybridized carbons (Fsp3) is 1.00. The van der Waals surface area contributed by atoms with Gasteiger partial charge in [-0.3, -0.25) is 0 Å². The highest BCUT2D eigenvalue weighted by molar-refractivity contribution is 4.83. The van der Waals surface area contributed by atoms with Gasteiger partial charge in [0.2, 0.25) is 0 Å². The number of aliphatic hydroxyl groups is 1. The predicted octanol–water partition coefficient (Wildman–Crippen LogP) is 4.69. The first-order valence-corrected chi connectivity index (χ1v) is 9.00. The molecular formula is C18H34O2. The van der Waals surface area contributed by atoms with Gasteiger partial charge in [-0.25, -0.2) is 0 Å². The van der Waals surface area contributed by atoms with Crippen molar-refractivity contribution in [3.63, 3.8) is 0 Å². The monoisotopic (exact) mass is 282 g/mol. The Kier molecular flexibility index (Phi) is 6.83. The Hall–Kier alpha value is -0.0800. The van der Waals surface area contributed by atoms with Crippen molar-refractivity contribution >= 4 is 0 Å². The Morgan fingerprint density at radius 2 is 1.30 bits per heavy atom. The summed E-state index contributed by atoms with van der Waals surface area (Å²) in [5.41, 5.74) is 0. The topological polar surface area (TPSA) is 29.5 Å². The zero-order valence-electron chi connectivity index (χ0n) is 13.5. The molecule has 0 aromatic rings. The van der Waals surface area contributed by atoms with E-state index < -0.39 is 0 Å². The van der Waals surface area contributed by atoms with Crippen LogP contribution in [0.3, 0.4) is 0 Å². The van der Waals surface area contributed by atoms with E-state index in [1.807, 2.05) is 6.92 Å². The number of rotatable bonds is 6. The molecule has 0 aromatic heterocycles. The summed E-state index contributed by atoms with van der Waals surface area (Å²) < 4.78 is 6.48. The summed E-state index contributed by atoms with van der Waals surface area (Å²) in [5.74, 6) is 1.56. The minimum atomic E-state index is -0.247. The van der Waals surface area contributed by atoms with E-state index in [4.69, 9.17) is 4.74 Å². The Balaban J connectivity index is 1.94. The van der Waals surface area contributed by atoms with Crippen LogP contribution in [0, 0.1) is 11.8 Å². The van der Waals surface area contributed by atoms with Crippen molar-refractivity contribution in [3.05, 3.63) is 0 Å². The molecule has 0 saturated heterocycles. The summed E-state index contributed by atoms with van der Waals surface area (Å²) >= 11 is 0. The van der Waals surface area contributed by atoms with Crippen molar-refractivity contribution in [2.24, 2.45) is 11.8 Å². The third kappa shape index (κ3) is 5.04. The lowest BCUT2D eigenvalue weighted by atomic mass is 9.75. The van der Waals surface area contributed by atoms with E-state index in [2.05, 4.69) is 6.92 Å². The number of hydrogen-bond donors (Lipinski definition) is 1. The first kappa shape index (κ1) is 16.3. The number of aliphatic hydroxyl groups excluding tert-OH is 1. The van der Waals surface area contributed by atoms with Crippen molar-refractivity contribution < 1.29 is 9.84 Å². The molecule has 2 nitrogen and oxygen atoms in total. The Labute approximate surface area is 125 Å². The van der Waals surface area contributed by atoms with Crippen LogP contribution < -0.4 is 0 Å². The summed E-state index contributed by atoms with van der Waals surface area (Å²) in [4.78, 5) is 0. The molecule has 0 bridgehead atoms. The highest BCUT2D eigenvalue weighted by atomic mass is 16.5. The van der Waals surface area contributed by atoms with E-state index >= 15 is 0 Å². The normalized spacial score (nSPS) is 25.8. The van der Waals surface area contributed by atoms with Gasteiger partial charge in [0.1, 0.15) is 0 Å². The average molecular weight is 282 g/mol. The molecule has 2 fully saturated rings. The molecule has 0 spiro atoms. The van der Waals surface area contributed by atoms with Crippen LogP contribution in [0.25, 0.3) is 0 Å². The maximum atomic E-state index is 9.58. The van der Waals surface area contributed by atoms with E-state index in [1.54, 1.807) is 0 Å². The van der Waals surface area contributed by atoms with Gasteiger partial charge < -0.3 is 9.84 Å². The molecule has 2 aliphatic rings. The maximum absolute atomic E-state index is 9.58. The van der Waals surface area contributed by atoms with Crippen LogP contribution >= 0.6 is 0 Å². The van der Waals surface area contributed by atoms with Crippen LogP contribution in [0.5, 0.6) is 0 Å². The molecule has 2 saturated carbocycles. The largest absolute Gasteiger partial charge is 0.393 e. The highest BCUT2D eigenvalue weighted by Gasteiger charge is 2.33. The minimum absolute atomic E-state index is 0.198. The summed E-state index contributed by atoms with van der Waals surface area (Å²) in [6.45, 7) is 4.02. The van der Waals surface area contributed by atoms with Crippen molar-refractivity contribution in [2.75, 3.05) is 0 Å². The van der Waals surface area contributed by atoms with E-state index in [1.165, 1.54) is 64.2 Å².